The average Bonchev–Trinajstić information content (AvgIpc) is 2.75. The Hall–Kier alpha value is -2.18. The minimum Gasteiger partial charge on any atom is -0.364 e. The molecule has 2 aliphatic carbocycles. The molecule has 0 fully saturated rings. The highest BCUT2D eigenvalue weighted by molar-refractivity contribution is 5.90. The van der Waals surface area contributed by atoms with E-state index < -0.39 is 12.1 Å². The van der Waals surface area contributed by atoms with E-state index in [0.29, 0.717) is 6.54 Å². The second-order valence-corrected chi connectivity index (χ2v) is 10.7. The van der Waals surface area contributed by atoms with Crippen LogP contribution in [0.15, 0.2) is 41.5 Å². The summed E-state index contributed by atoms with van der Waals surface area (Å²) in [6.45, 7) is 11.9. The first-order valence-corrected chi connectivity index (χ1v) is 12.1. The molecule has 1 aromatic rings. The Balaban J connectivity index is 1.84. The van der Waals surface area contributed by atoms with Gasteiger partial charge in [-0.3, -0.25) is 0 Å². The van der Waals surface area contributed by atoms with Gasteiger partial charge < -0.3 is 20.4 Å². The standard InChI is InChI=1S/C27H39FN2O3/c1-6-7-8-15-30(25(33)29-23-12-9-18(24(31)32)16-22(23)28)19-10-11-20-21(17-19)27(4,5)14-13-26(20,2)3/h9-12,16,19,24,31-32H,6-8,13-15,17H2,1-5H3,(H,29,33). The summed E-state index contributed by atoms with van der Waals surface area (Å²) in [5, 5.41) is 21.2. The topological polar surface area (TPSA) is 72.8 Å². The number of hydrogen-bond acceptors (Lipinski definition) is 3. The monoisotopic (exact) mass is 458 g/mol. The predicted octanol–water partition coefficient (Wildman–Crippen LogP) is 6.30. The van der Waals surface area contributed by atoms with Gasteiger partial charge in [-0.25, -0.2) is 9.18 Å². The average molecular weight is 459 g/mol. The van der Waals surface area contributed by atoms with Crippen LogP contribution in [0, 0.1) is 16.6 Å². The van der Waals surface area contributed by atoms with Crippen LogP contribution in [0.25, 0.3) is 0 Å². The van der Waals surface area contributed by atoms with E-state index in [2.05, 4.69) is 52.1 Å². The number of carbonyl (C=O) groups is 1. The quantitative estimate of drug-likeness (QED) is 0.331. The zero-order valence-electron chi connectivity index (χ0n) is 20.6. The lowest BCUT2D eigenvalue weighted by molar-refractivity contribution is -0.0426. The number of nitrogens with zero attached hydrogens (tertiary/aromatic N) is 1. The van der Waals surface area contributed by atoms with Crippen molar-refractivity contribution in [2.75, 3.05) is 11.9 Å². The van der Waals surface area contributed by atoms with Crippen molar-refractivity contribution in [1.82, 2.24) is 4.90 Å². The predicted molar refractivity (Wildman–Crippen MR) is 130 cm³/mol. The maximum absolute atomic E-state index is 14.5. The lowest BCUT2D eigenvalue weighted by atomic mass is 9.60. The van der Waals surface area contributed by atoms with E-state index in [9.17, 15) is 19.4 Å². The number of nitrogens with one attached hydrogen (secondary N) is 1. The van der Waals surface area contributed by atoms with E-state index in [1.165, 1.54) is 23.3 Å². The molecule has 5 nitrogen and oxygen atoms in total. The van der Waals surface area contributed by atoms with Crippen LogP contribution >= 0.6 is 0 Å². The van der Waals surface area contributed by atoms with Gasteiger partial charge in [-0.15, -0.1) is 0 Å². The van der Waals surface area contributed by atoms with Crippen molar-refractivity contribution in [2.24, 2.45) is 10.8 Å². The molecule has 0 bridgehead atoms. The molecule has 0 aliphatic heterocycles. The molecule has 3 N–H and O–H groups in total. The van der Waals surface area contributed by atoms with Crippen LogP contribution in [0.5, 0.6) is 0 Å². The highest BCUT2D eigenvalue weighted by Crippen LogP contribution is 2.52. The van der Waals surface area contributed by atoms with E-state index in [1.54, 1.807) is 0 Å². The summed E-state index contributed by atoms with van der Waals surface area (Å²) in [6.07, 6.45) is 8.59. The van der Waals surface area contributed by atoms with Gasteiger partial charge in [-0.05, 0) is 54.2 Å². The Bertz CT molecular complexity index is 933. The van der Waals surface area contributed by atoms with Crippen LogP contribution in [0.1, 0.15) is 85.0 Å². The van der Waals surface area contributed by atoms with Crippen LogP contribution in [-0.4, -0.2) is 33.7 Å². The Morgan fingerprint density at radius 2 is 1.88 bits per heavy atom. The number of urea groups is 1. The summed E-state index contributed by atoms with van der Waals surface area (Å²) < 4.78 is 14.5. The summed E-state index contributed by atoms with van der Waals surface area (Å²) in [5.41, 5.74) is 3.11. The number of allylic oxidation sites excluding steroid dienone is 2. The molecular weight excluding hydrogens is 419 g/mol. The van der Waals surface area contributed by atoms with Crippen molar-refractivity contribution in [2.45, 2.75) is 85.5 Å². The lowest BCUT2D eigenvalue weighted by Gasteiger charge is -2.46. The van der Waals surface area contributed by atoms with E-state index in [-0.39, 0.29) is 34.2 Å². The number of carbonyl (C=O) groups excluding carboxylic acids is 1. The van der Waals surface area contributed by atoms with Crippen molar-refractivity contribution in [3.8, 4) is 0 Å². The fraction of sp³-hybridized carbons (Fsp3) is 0.593. The fourth-order valence-corrected chi connectivity index (χ4v) is 5.03. The number of halogens is 1. The second-order valence-electron chi connectivity index (χ2n) is 10.7. The van der Waals surface area contributed by atoms with Crippen LogP contribution in [0.3, 0.4) is 0 Å². The van der Waals surface area contributed by atoms with Crippen molar-refractivity contribution in [1.29, 1.82) is 0 Å². The summed E-state index contributed by atoms with van der Waals surface area (Å²) in [5.74, 6) is -0.693. The molecule has 0 saturated heterocycles. The first-order chi connectivity index (χ1) is 15.5. The molecule has 1 atom stereocenters. The summed E-state index contributed by atoms with van der Waals surface area (Å²) >= 11 is 0. The van der Waals surface area contributed by atoms with E-state index in [1.807, 2.05) is 4.90 Å². The van der Waals surface area contributed by atoms with Crippen molar-refractivity contribution >= 4 is 11.7 Å². The van der Waals surface area contributed by atoms with E-state index >= 15 is 0 Å². The number of amides is 2. The fourth-order valence-electron chi connectivity index (χ4n) is 5.03. The molecular formula is C27H39FN2O3. The minimum atomic E-state index is -1.76. The largest absolute Gasteiger partial charge is 0.364 e. The minimum absolute atomic E-state index is 0.0312. The van der Waals surface area contributed by atoms with E-state index in [4.69, 9.17) is 0 Å². The molecule has 3 rings (SSSR count). The SMILES string of the molecule is CCCCCN(C(=O)Nc1ccc(C(O)O)cc1F)C1C=CC2=C(C1)C(C)(C)CCC2(C)C. The van der Waals surface area contributed by atoms with Crippen LogP contribution in [-0.2, 0) is 0 Å². The van der Waals surface area contributed by atoms with Crippen LogP contribution in [0.2, 0.25) is 0 Å². The highest BCUT2D eigenvalue weighted by Gasteiger charge is 2.41. The number of anilines is 1. The molecule has 0 saturated carbocycles. The Morgan fingerprint density at radius 3 is 2.52 bits per heavy atom. The van der Waals surface area contributed by atoms with Gasteiger partial charge in [-0.2, -0.15) is 0 Å². The third-order valence-corrected chi connectivity index (χ3v) is 7.34. The summed E-state index contributed by atoms with van der Waals surface area (Å²) in [7, 11) is 0. The number of unbranched alkanes of at least 4 members (excludes halogenated alkanes) is 2. The molecule has 2 aliphatic rings. The second kappa shape index (κ2) is 9.98. The van der Waals surface area contributed by atoms with Crippen LogP contribution < -0.4 is 5.32 Å². The Kier molecular flexibility index (Phi) is 7.69. The van der Waals surface area contributed by atoms with Gasteiger partial charge in [0.1, 0.15) is 5.82 Å². The normalized spacial score (nSPS) is 21.2. The molecule has 1 unspecified atom stereocenters. The first-order valence-electron chi connectivity index (χ1n) is 12.1. The molecule has 0 radical (unpaired) electrons. The zero-order chi connectivity index (χ0) is 24.4. The zero-order valence-corrected chi connectivity index (χ0v) is 20.6. The maximum Gasteiger partial charge on any atom is 0.322 e. The van der Waals surface area contributed by atoms with Crippen molar-refractivity contribution < 1.29 is 19.4 Å². The van der Waals surface area contributed by atoms with E-state index in [0.717, 1.165) is 44.6 Å². The summed E-state index contributed by atoms with van der Waals surface area (Å²) in [4.78, 5) is 15.1. The van der Waals surface area contributed by atoms with Crippen molar-refractivity contribution in [3.05, 3.63) is 52.9 Å². The number of aliphatic hydroxyl groups is 2. The molecule has 1 aromatic carbocycles. The number of aliphatic hydroxyl groups excluding tert-OH is 1. The number of rotatable bonds is 7. The Morgan fingerprint density at radius 1 is 1.18 bits per heavy atom. The Labute approximate surface area is 197 Å². The molecule has 6 heteroatoms. The molecule has 0 aromatic heterocycles. The maximum atomic E-state index is 14.5. The van der Waals surface area contributed by atoms with Gasteiger partial charge in [0.2, 0.25) is 0 Å². The van der Waals surface area contributed by atoms with Gasteiger partial charge >= 0.3 is 6.03 Å². The third-order valence-electron chi connectivity index (χ3n) is 7.34. The third kappa shape index (κ3) is 5.67. The molecule has 0 spiro atoms. The van der Waals surface area contributed by atoms with Gasteiger partial charge in [0, 0.05) is 12.1 Å². The van der Waals surface area contributed by atoms with Gasteiger partial charge in [-0.1, -0.05) is 71.3 Å². The number of hydrogen-bond donors (Lipinski definition) is 3. The molecule has 182 valence electrons. The van der Waals surface area contributed by atoms with Crippen LogP contribution in [0.4, 0.5) is 14.9 Å². The van der Waals surface area contributed by atoms with Gasteiger partial charge in [0.25, 0.3) is 0 Å². The lowest BCUT2D eigenvalue weighted by Crippen LogP contribution is -2.45. The van der Waals surface area contributed by atoms with Gasteiger partial charge in [0.15, 0.2) is 6.29 Å². The number of benzene rings is 1. The molecule has 0 heterocycles. The highest BCUT2D eigenvalue weighted by atomic mass is 19.1. The smallest absolute Gasteiger partial charge is 0.322 e. The van der Waals surface area contributed by atoms with Crippen molar-refractivity contribution in [3.63, 3.8) is 0 Å². The molecule has 33 heavy (non-hydrogen) atoms. The molecule has 2 amide bonds. The van der Waals surface area contributed by atoms with Gasteiger partial charge in [0.05, 0.1) is 11.7 Å². The summed E-state index contributed by atoms with van der Waals surface area (Å²) in [6, 6.07) is 3.38. The first kappa shape index (κ1) is 25.4.